The highest BCUT2D eigenvalue weighted by molar-refractivity contribution is 5.95. The molecular weight excluding hydrogens is 309 g/mol. The lowest BCUT2D eigenvalue weighted by atomic mass is 10.0. The van der Waals surface area contributed by atoms with E-state index in [-0.39, 0.29) is 17.6 Å². The Kier molecular flexibility index (Phi) is 4.66. The summed E-state index contributed by atoms with van der Waals surface area (Å²) >= 11 is 0. The Labute approximate surface area is 140 Å². The molecule has 6 heteroatoms. The molecule has 0 aliphatic carbocycles. The van der Waals surface area contributed by atoms with Crippen LogP contribution in [-0.2, 0) is 6.42 Å². The maximum absolute atomic E-state index is 13.1. The lowest BCUT2D eigenvalue weighted by molar-refractivity contribution is 0.0761. The van der Waals surface area contributed by atoms with Gasteiger partial charge in [0.15, 0.2) is 0 Å². The van der Waals surface area contributed by atoms with Crippen molar-refractivity contribution < 1.29 is 14.3 Å². The molecular formula is C18H22FN3O2. The van der Waals surface area contributed by atoms with Gasteiger partial charge in [0.05, 0.1) is 29.2 Å². The van der Waals surface area contributed by atoms with Crippen molar-refractivity contribution in [2.24, 2.45) is 5.92 Å². The molecule has 5 nitrogen and oxygen atoms in total. The Morgan fingerprint density at radius 3 is 2.71 bits per heavy atom. The predicted octanol–water partition coefficient (Wildman–Crippen LogP) is 2.42. The minimum absolute atomic E-state index is 0.0524. The van der Waals surface area contributed by atoms with Crippen LogP contribution in [0.25, 0.3) is 5.69 Å². The van der Waals surface area contributed by atoms with Crippen LogP contribution in [0.3, 0.4) is 0 Å². The molecule has 1 fully saturated rings. The number of hydrogen-bond acceptors (Lipinski definition) is 3. The molecule has 0 bridgehead atoms. The molecule has 0 saturated carbocycles. The van der Waals surface area contributed by atoms with Gasteiger partial charge in [-0.2, -0.15) is 5.10 Å². The molecule has 0 spiro atoms. The minimum atomic E-state index is -0.407. The van der Waals surface area contributed by atoms with Crippen LogP contribution in [0.1, 0.15) is 36.3 Å². The van der Waals surface area contributed by atoms with E-state index in [1.165, 1.54) is 12.1 Å². The largest absolute Gasteiger partial charge is 0.393 e. The molecule has 1 amide bonds. The Balaban J connectivity index is 1.87. The fourth-order valence-corrected chi connectivity index (χ4v) is 3.23. The minimum Gasteiger partial charge on any atom is -0.393 e. The van der Waals surface area contributed by atoms with Crippen molar-refractivity contribution in [1.29, 1.82) is 0 Å². The number of rotatable bonds is 4. The lowest BCUT2D eigenvalue weighted by Crippen LogP contribution is -2.30. The zero-order valence-corrected chi connectivity index (χ0v) is 13.9. The van der Waals surface area contributed by atoms with E-state index in [0.717, 1.165) is 17.8 Å². The van der Waals surface area contributed by atoms with Crippen LogP contribution in [0.2, 0.25) is 0 Å². The lowest BCUT2D eigenvalue weighted by Gasteiger charge is -2.18. The molecule has 1 aliphatic rings. The average molecular weight is 331 g/mol. The van der Waals surface area contributed by atoms with Gasteiger partial charge in [-0.25, -0.2) is 9.07 Å². The monoisotopic (exact) mass is 331 g/mol. The van der Waals surface area contributed by atoms with Crippen LogP contribution >= 0.6 is 0 Å². The van der Waals surface area contributed by atoms with Crippen molar-refractivity contribution in [2.75, 3.05) is 13.1 Å². The van der Waals surface area contributed by atoms with E-state index in [1.807, 2.05) is 6.92 Å². The van der Waals surface area contributed by atoms with Crippen molar-refractivity contribution in [3.8, 4) is 5.69 Å². The number of benzene rings is 1. The normalized spacial score (nSPS) is 18.8. The number of nitrogens with zero attached hydrogens (tertiary/aromatic N) is 3. The maximum atomic E-state index is 13.1. The first-order chi connectivity index (χ1) is 11.5. The average Bonchev–Trinajstić information content (AvgIpc) is 3.22. The number of aliphatic hydroxyl groups excluding tert-OH is 1. The Morgan fingerprint density at radius 1 is 1.42 bits per heavy atom. The van der Waals surface area contributed by atoms with Gasteiger partial charge in [0.25, 0.3) is 5.91 Å². The van der Waals surface area contributed by atoms with E-state index in [9.17, 15) is 14.3 Å². The van der Waals surface area contributed by atoms with Crippen molar-refractivity contribution in [2.45, 2.75) is 32.8 Å². The van der Waals surface area contributed by atoms with Gasteiger partial charge >= 0.3 is 0 Å². The van der Waals surface area contributed by atoms with E-state index >= 15 is 0 Å². The molecule has 1 N–H and O–H groups in total. The molecule has 1 aliphatic heterocycles. The highest BCUT2D eigenvalue weighted by Gasteiger charge is 2.31. The van der Waals surface area contributed by atoms with E-state index in [2.05, 4.69) is 5.10 Å². The van der Waals surface area contributed by atoms with Crippen molar-refractivity contribution >= 4 is 5.91 Å². The number of amides is 1. The van der Waals surface area contributed by atoms with E-state index in [4.69, 9.17) is 0 Å². The number of hydrogen-bond donors (Lipinski definition) is 1. The molecule has 1 saturated heterocycles. The standard InChI is InChI=1S/C18H22FN3O2/c1-3-17-16(18(24)21-9-8-13(11-21)12(2)23)10-20-22(17)15-6-4-14(19)5-7-15/h4-7,10,12-13,23H,3,8-9,11H2,1-2H3. The molecule has 3 rings (SSSR count). The summed E-state index contributed by atoms with van der Waals surface area (Å²) in [5, 5.41) is 14.0. The molecule has 1 aromatic heterocycles. The van der Waals surface area contributed by atoms with Gasteiger partial charge < -0.3 is 10.0 Å². The third-order valence-electron chi connectivity index (χ3n) is 4.70. The zero-order chi connectivity index (χ0) is 17.3. The molecule has 0 radical (unpaired) electrons. The second kappa shape index (κ2) is 6.73. The molecule has 2 unspecified atom stereocenters. The summed E-state index contributed by atoms with van der Waals surface area (Å²) < 4.78 is 14.8. The zero-order valence-electron chi connectivity index (χ0n) is 13.9. The van der Waals surface area contributed by atoms with E-state index < -0.39 is 6.10 Å². The number of aliphatic hydroxyl groups is 1. The topological polar surface area (TPSA) is 58.4 Å². The van der Waals surface area contributed by atoms with E-state index in [0.29, 0.717) is 25.1 Å². The third kappa shape index (κ3) is 3.06. The molecule has 2 aromatic rings. The summed E-state index contributed by atoms with van der Waals surface area (Å²) in [6, 6.07) is 6.06. The first kappa shape index (κ1) is 16.6. The Hall–Kier alpha value is -2.21. The van der Waals surface area contributed by atoms with Crippen LogP contribution in [0.5, 0.6) is 0 Å². The summed E-state index contributed by atoms with van der Waals surface area (Å²) in [7, 11) is 0. The first-order valence-corrected chi connectivity index (χ1v) is 8.31. The van der Waals surface area contributed by atoms with Gasteiger partial charge in [0, 0.05) is 19.0 Å². The van der Waals surface area contributed by atoms with Gasteiger partial charge in [-0.1, -0.05) is 6.92 Å². The molecule has 2 atom stereocenters. The SMILES string of the molecule is CCc1c(C(=O)N2CCC(C(C)O)C2)cnn1-c1ccc(F)cc1. The number of aromatic nitrogens is 2. The van der Waals surface area contributed by atoms with Crippen LogP contribution in [0.15, 0.2) is 30.5 Å². The Bertz CT molecular complexity index is 724. The fourth-order valence-electron chi connectivity index (χ4n) is 3.23. The van der Waals surface area contributed by atoms with Crippen molar-refractivity contribution in [3.63, 3.8) is 0 Å². The molecule has 1 aromatic carbocycles. The van der Waals surface area contributed by atoms with Gasteiger partial charge in [0.2, 0.25) is 0 Å². The summed E-state index contributed by atoms with van der Waals surface area (Å²) in [6.07, 6.45) is 2.64. The molecule has 2 heterocycles. The number of halogens is 1. The highest BCUT2D eigenvalue weighted by Crippen LogP contribution is 2.24. The first-order valence-electron chi connectivity index (χ1n) is 8.31. The predicted molar refractivity (Wildman–Crippen MR) is 88.6 cm³/mol. The molecule has 128 valence electrons. The van der Waals surface area contributed by atoms with Gasteiger partial charge in [-0.15, -0.1) is 0 Å². The maximum Gasteiger partial charge on any atom is 0.257 e. The van der Waals surface area contributed by atoms with Crippen LogP contribution in [-0.4, -0.2) is 44.9 Å². The fraction of sp³-hybridized carbons (Fsp3) is 0.444. The summed E-state index contributed by atoms with van der Waals surface area (Å²) in [5.41, 5.74) is 2.12. The van der Waals surface area contributed by atoms with Crippen molar-refractivity contribution in [1.82, 2.24) is 14.7 Å². The quantitative estimate of drug-likeness (QED) is 0.936. The van der Waals surface area contributed by atoms with Crippen LogP contribution in [0.4, 0.5) is 4.39 Å². The third-order valence-corrected chi connectivity index (χ3v) is 4.70. The summed E-state index contributed by atoms with van der Waals surface area (Å²) in [5.74, 6) is -0.226. The van der Waals surface area contributed by atoms with Crippen LogP contribution in [0, 0.1) is 11.7 Å². The van der Waals surface area contributed by atoms with Gasteiger partial charge in [0.1, 0.15) is 5.82 Å². The van der Waals surface area contributed by atoms with Gasteiger partial charge in [-0.05, 0) is 44.0 Å². The molecule has 24 heavy (non-hydrogen) atoms. The van der Waals surface area contributed by atoms with Gasteiger partial charge in [-0.3, -0.25) is 4.79 Å². The highest BCUT2D eigenvalue weighted by atomic mass is 19.1. The Morgan fingerprint density at radius 2 is 2.12 bits per heavy atom. The summed E-state index contributed by atoms with van der Waals surface area (Å²) in [6.45, 7) is 4.96. The van der Waals surface area contributed by atoms with Crippen LogP contribution < -0.4 is 0 Å². The van der Waals surface area contributed by atoms with Crippen molar-refractivity contribution in [3.05, 3.63) is 47.5 Å². The van der Waals surface area contributed by atoms with E-state index in [1.54, 1.807) is 34.8 Å². The smallest absolute Gasteiger partial charge is 0.257 e. The number of carbonyl (C=O) groups excluding carboxylic acids is 1. The number of likely N-dealkylation sites (tertiary alicyclic amines) is 1. The summed E-state index contributed by atoms with van der Waals surface area (Å²) in [4.78, 5) is 14.6. The second-order valence-corrected chi connectivity index (χ2v) is 6.29. The second-order valence-electron chi connectivity index (χ2n) is 6.29. The number of carbonyl (C=O) groups is 1.